The van der Waals surface area contributed by atoms with Crippen LogP contribution in [0.15, 0.2) is 16.6 Å². The van der Waals surface area contributed by atoms with Gasteiger partial charge in [-0.15, -0.1) is 0 Å². The highest BCUT2D eigenvalue weighted by Gasteiger charge is 2.18. The molecule has 0 heterocycles. The van der Waals surface area contributed by atoms with Crippen molar-refractivity contribution in [2.45, 2.75) is 6.92 Å². The number of nitriles is 1. The van der Waals surface area contributed by atoms with Crippen LogP contribution in [0.1, 0.15) is 5.56 Å². The Morgan fingerprint density at radius 1 is 1.45 bits per heavy atom. The molecule has 0 aliphatic carbocycles. The third-order valence-electron chi connectivity index (χ3n) is 2.26. The molecule has 0 atom stereocenters. The van der Waals surface area contributed by atoms with E-state index in [0.717, 1.165) is 6.07 Å². The fraction of sp³-hybridized carbons (Fsp3) is 0.182. The Morgan fingerprint density at radius 3 is 2.65 bits per heavy atom. The van der Waals surface area contributed by atoms with Gasteiger partial charge < -0.3 is 10.6 Å². The maximum absolute atomic E-state index is 11.5. The number of carbonyl (C=O) groups excluding carboxylic acids is 2. The van der Waals surface area contributed by atoms with Crippen molar-refractivity contribution in [3.05, 3.63) is 32.3 Å². The summed E-state index contributed by atoms with van der Waals surface area (Å²) in [5.74, 6) is -2.01. The number of rotatable bonds is 3. The minimum Gasteiger partial charge on any atom is -0.335 e. The van der Waals surface area contributed by atoms with E-state index in [1.165, 1.54) is 6.07 Å². The van der Waals surface area contributed by atoms with Crippen LogP contribution in [0, 0.1) is 28.4 Å². The van der Waals surface area contributed by atoms with E-state index in [1.807, 2.05) is 0 Å². The van der Waals surface area contributed by atoms with Crippen molar-refractivity contribution in [1.82, 2.24) is 5.32 Å². The minimum absolute atomic E-state index is 0.0967. The molecule has 0 aliphatic heterocycles. The second-order valence-electron chi connectivity index (χ2n) is 3.67. The molecule has 1 aromatic rings. The molecule has 0 unspecified atom stereocenters. The standard InChI is InChI=1S/C11H9BrN4O4/c1-6-4-7(12)8(5-9(6)16(19)20)15-11(18)10(17)14-3-2-13/h4-5H,3H2,1H3,(H,14,17)(H,15,18). The molecule has 0 spiro atoms. The Kier molecular flexibility index (Phi) is 5.16. The number of nitro benzene ring substituents is 1. The second kappa shape index (κ2) is 6.63. The summed E-state index contributed by atoms with van der Waals surface area (Å²) in [5.41, 5.74) is 0.328. The fourth-order valence-corrected chi connectivity index (χ4v) is 1.89. The van der Waals surface area contributed by atoms with Gasteiger partial charge in [0.15, 0.2) is 0 Å². The van der Waals surface area contributed by atoms with Crippen LogP contribution in [0.5, 0.6) is 0 Å². The monoisotopic (exact) mass is 340 g/mol. The second-order valence-corrected chi connectivity index (χ2v) is 4.52. The largest absolute Gasteiger partial charge is 0.335 e. The molecular weight excluding hydrogens is 332 g/mol. The van der Waals surface area contributed by atoms with Crippen LogP contribution in [0.2, 0.25) is 0 Å². The van der Waals surface area contributed by atoms with Gasteiger partial charge in [0.05, 0.1) is 16.7 Å². The Balaban J connectivity index is 2.95. The summed E-state index contributed by atoms with van der Waals surface area (Å²) < 4.78 is 0.405. The van der Waals surface area contributed by atoms with E-state index < -0.39 is 16.7 Å². The maximum Gasteiger partial charge on any atom is 0.313 e. The number of hydrogen-bond acceptors (Lipinski definition) is 5. The lowest BCUT2D eigenvalue weighted by Crippen LogP contribution is -2.35. The first-order chi connectivity index (χ1) is 9.36. The van der Waals surface area contributed by atoms with Crippen molar-refractivity contribution in [1.29, 1.82) is 5.26 Å². The predicted molar refractivity (Wildman–Crippen MR) is 72.8 cm³/mol. The maximum atomic E-state index is 11.5. The Morgan fingerprint density at radius 2 is 2.10 bits per heavy atom. The third-order valence-corrected chi connectivity index (χ3v) is 2.92. The topological polar surface area (TPSA) is 125 Å². The van der Waals surface area contributed by atoms with Gasteiger partial charge in [0.2, 0.25) is 0 Å². The molecule has 104 valence electrons. The number of nitrogens with one attached hydrogen (secondary N) is 2. The molecule has 0 saturated heterocycles. The van der Waals surface area contributed by atoms with Gasteiger partial charge in [-0.25, -0.2) is 0 Å². The Bertz CT molecular complexity index is 624. The average Bonchev–Trinajstić information content (AvgIpc) is 2.38. The van der Waals surface area contributed by atoms with Gasteiger partial charge in [0, 0.05) is 16.1 Å². The van der Waals surface area contributed by atoms with E-state index >= 15 is 0 Å². The van der Waals surface area contributed by atoms with E-state index in [0.29, 0.717) is 10.0 Å². The molecule has 1 aromatic carbocycles. The van der Waals surface area contributed by atoms with E-state index in [2.05, 4.69) is 26.6 Å². The van der Waals surface area contributed by atoms with Crippen LogP contribution < -0.4 is 10.6 Å². The van der Waals surface area contributed by atoms with Crippen LogP contribution in [0.4, 0.5) is 11.4 Å². The number of amides is 2. The molecule has 1 rings (SSSR count). The third kappa shape index (κ3) is 3.76. The van der Waals surface area contributed by atoms with E-state index in [9.17, 15) is 19.7 Å². The lowest BCUT2D eigenvalue weighted by molar-refractivity contribution is -0.385. The fourth-order valence-electron chi connectivity index (χ4n) is 1.33. The number of benzene rings is 1. The molecule has 20 heavy (non-hydrogen) atoms. The molecule has 0 bridgehead atoms. The molecular formula is C11H9BrN4O4. The number of aryl methyl sites for hydroxylation is 1. The Hall–Kier alpha value is -2.47. The molecule has 9 heteroatoms. The first-order valence-electron chi connectivity index (χ1n) is 5.27. The zero-order chi connectivity index (χ0) is 15.3. The normalized spacial score (nSPS) is 9.45. The summed E-state index contributed by atoms with van der Waals surface area (Å²) >= 11 is 3.14. The summed E-state index contributed by atoms with van der Waals surface area (Å²) in [6, 6.07) is 4.26. The lowest BCUT2D eigenvalue weighted by Gasteiger charge is -2.08. The van der Waals surface area contributed by atoms with Crippen LogP contribution in [-0.4, -0.2) is 23.3 Å². The molecule has 2 amide bonds. The first-order valence-corrected chi connectivity index (χ1v) is 6.06. The molecule has 0 saturated carbocycles. The first kappa shape index (κ1) is 15.6. The number of anilines is 1. The SMILES string of the molecule is Cc1cc(Br)c(NC(=O)C(=O)NCC#N)cc1[N+](=O)[O-]. The van der Waals surface area contributed by atoms with E-state index in [1.54, 1.807) is 13.0 Å². The van der Waals surface area contributed by atoms with Crippen molar-refractivity contribution in [2.24, 2.45) is 0 Å². The molecule has 0 fully saturated rings. The number of hydrogen-bond donors (Lipinski definition) is 2. The van der Waals surface area contributed by atoms with Gasteiger partial charge in [-0.2, -0.15) is 5.26 Å². The van der Waals surface area contributed by atoms with Crippen LogP contribution in [0.3, 0.4) is 0 Å². The highest BCUT2D eigenvalue weighted by Crippen LogP contribution is 2.30. The highest BCUT2D eigenvalue weighted by molar-refractivity contribution is 9.10. The smallest absolute Gasteiger partial charge is 0.313 e. The molecule has 0 aromatic heterocycles. The van der Waals surface area contributed by atoms with Crippen LogP contribution >= 0.6 is 15.9 Å². The van der Waals surface area contributed by atoms with Gasteiger partial charge >= 0.3 is 11.8 Å². The highest BCUT2D eigenvalue weighted by atomic mass is 79.9. The van der Waals surface area contributed by atoms with Gasteiger partial charge in [-0.3, -0.25) is 19.7 Å². The number of halogens is 1. The van der Waals surface area contributed by atoms with Crippen molar-refractivity contribution in [3.63, 3.8) is 0 Å². The number of nitrogens with zero attached hydrogens (tertiary/aromatic N) is 2. The van der Waals surface area contributed by atoms with Crippen molar-refractivity contribution in [2.75, 3.05) is 11.9 Å². The number of carbonyl (C=O) groups is 2. The van der Waals surface area contributed by atoms with Crippen LogP contribution in [-0.2, 0) is 9.59 Å². The average molecular weight is 341 g/mol. The quantitative estimate of drug-likeness (QED) is 0.370. The van der Waals surface area contributed by atoms with Gasteiger partial charge in [-0.1, -0.05) is 0 Å². The summed E-state index contributed by atoms with van der Waals surface area (Å²) in [6.07, 6.45) is 0. The molecule has 0 aliphatic rings. The molecule has 2 N–H and O–H groups in total. The van der Waals surface area contributed by atoms with Crippen molar-refractivity contribution >= 4 is 39.1 Å². The molecule has 8 nitrogen and oxygen atoms in total. The molecule has 0 radical (unpaired) electrons. The summed E-state index contributed by atoms with van der Waals surface area (Å²) in [7, 11) is 0. The summed E-state index contributed by atoms with van der Waals surface area (Å²) in [4.78, 5) is 33.0. The van der Waals surface area contributed by atoms with Gasteiger partial charge in [-0.05, 0) is 28.9 Å². The van der Waals surface area contributed by atoms with Crippen molar-refractivity contribution < 1.29 is 14.5 Å². The predicted octanol–water partition coefficient (Wildman–Crippen LogP) is 1.24. The van der Waals surface area contributed by atoms with E-state index in [-0.39, 0.29) is 17.9 Å². The van der Waals surface area contributed by atoms with Crippen molar-refractivity contribution in [3.8, 4) is 6.07 Å². The lowest BCUT2D eigenvalue weighted by atomic mass is 10.2. The van der Waals surface area contributed by atoms with E-state index in [4.69, 9.17) is 5.26 Å². The minimum atomic E-state index is -1.01. The van der Waals surface area contributed by atoms with Crippen LogP contribution in [0.25, 0.3) is 0 Å². The zero-order valence-electron chi connectivity index (χ0n) is 10.3. The van der Waals surface area contributed by atoms with Gasteiger partial charge in [0.1, 0.15) is 6.54 Å². The zero-order valence-corrected chi connectivity index (χ0v) is 11.9. The Labute approximate surface area is 122 Å². The summed E-state index contributed by atoms with van der Waals surface area (Å²) in [6.45, 7) is 1.25. The summed E-state index contributed by atoms with van der Waals surface area (Å²) in [5, 5.41) is 23.4. The van der Waals surface area contributed by atoms with Gasteiger partial charge in [0.25, 0.3) is 5.69 Å². The number of nitro groups is 1.